The molecule has 6 heteroatoms. The van der Waals surface area contributed by atoms with E-state index in [9.17, 15) is 0 Å². The third-order valence-electron chi connectivity index (χ3n) is 2.48. The number of nitrogens with one attached hydrogen (secondary N) is 1. The Kier molecular flexibility index (Phi) is 3.63. The van der Waals surface area contributed by atoms with E-state index in [4.69, 9.17) is 22.7 Å². The van der Waals surface area contributed by atoms with E-state index in [0.717, 1.165) is 26.2 Å². The molecule has 1 aromatic rings. The lowest BCUT2D eigenvalue weighted by atomic mass is 10.1. The van der Waals surface area contributed by atoms with Crippen LogP contribution in [-0.4, -0.2) is 34.7 Å². The van der Waals surface area contributed by atoms with Crippen molar-refractivity contribution in [1.29, 1.82) is 0 Å². The Balaban J connectivity index is 1.93. The van der Waals surface area contributed by atoms with Crippen LogP contribution in [0.15, 0.2) is 12.3 Å². The molecule has 0 aromatic carbocycles. The second-order valence-electron chi connectivity index (χ2n) is 3.74. The molecule has 0 saturated carbocycles. The molecule has 1 unspecified atom stereocenters. The van der Waals surface area contributed by atoms with Crippen molar-refractivity contribution in [3.63, 3.8) is 0 Å². The van der Waals surface area contributed by atoms with Crippen molar-refractivity contribution in [2.75, 3.05) is 25.1 Å². The summed E-state index contributed by atoms with van der Waals surface area (Å²) in [5.41, 5.74) is 6.09. The van der Waals surface area contributed by atoms with Crippen LogP contribution in [-0.2, 0) is 4.74 Å². The Morgan fingerprint density at radius 1 is 1.69 bits per heavy atom. The Labute approximate surface area is 99.4 Å². The molecule has 1 saturated heterocycles. The molecule has 1 fully saturated rings. The van der Waals surface area contributed by atoms with Crippen LogP contribution in [0.4, 0.5) is 5.95 Å². The van der Waals surface area contributed by atoms with Gasteiger partial charge in [0, 0.05) is 25.3 Å². The van der Waals surface area contributed by atoms with Crippen molar-refractivity contribution in [2.45, 2.75) is 6.42 Å². The second kappa shape index (κ2) is 5.18. The second-order valence-corrected chi connectivity index (χ2v) is 4.18. The number of nitrogens with two attached hydrogens (primary N) is 1. The smallest absolute Gasteiger partial charge is 0.223 e. The van der Waals surface area contributed by atoms with Gasteiger partial charge in [0.05, 0.1) is 6.61 Å². The first-order chi connectivity index (χ1) is 7.75. The molecule has 2 heterocycles. The number of hydrogen-bond acceptors (Lipinski definition) is 5. The third-order valence-corrected chi connectivity index (χ3v) is 2.69. The molecule has 16 heavy (non-hydrogen) atoms. The summed E-state index contributed by atoms with van der Waals surface area (Å²) < 4.78 is 5.29. The van der Waals surface area contributed by atoms with Crippen molar-refractivity contribution in [3.8, 4) is 0 Å². The van der Waals surface area contributed by atoms with Crippen LogP contribution in [0.2, 0.25) is 0 Å². The monoisotopic (exact) mass is 238 g/mol. The van der Waals surface area contributed by atoms with Gasteiger partial charge in [0.2, 0.25) is 5.95 Å². The van der Waals surface area contributed by atoms with E-state index in [0.29, 0.717) is 17.6 Å². The SMILES string of the molecule is NC(=S)c1ccnc(NCC2CCOC2)n1. The van der Waals surface area contributed by atoms with Crippen molar-refractivity contribution >= 4 is 23.2 Å². The van der Waals surface area contributed by atoms with E-state index in [1.807, 2.05) is 0 Å². The number of thiocarbonyl (C=S) groups is 1. The minimum Gasteiger partial charge on any atom is -0.388 e. The molecule has 0 aliphatic carbocycles. The average molecular weight is 238 g/mol. The Hall–Kier alpha value is -1.27. The highest BCUT2D eigenvalue weighted by molar-refractivity contribution is 7.80. The normalized spacial score (nSPS) is 19.6. The summed E-state index contributed by atoms with van der Waals surface area (Å²) in [4.78, 5) is 8.60. The van der Waals surface area contributed by atoms with E-state index in [1.165, 1.54) is 0 Å². The molecule has 1 aliphatic heterocycles. The van der Waals surface area contributed by atoms with Crippen LogP contribution >= 0.6 is 12.2 Å². The van der Waals surface area contributed by atoms with E-state index in [2.05, 4.69) is 15.3 Å². The molecule has 3 N–H and O–H groups in total. The third kappa shape index (κ3) is 2.86. The van der Waals surface area contributed by atoms with Crippen molar-refractivity contribution in [3.05, 3.63) is 18.0 Å². The Morgan fingerprint density at radius 2 is 2.56 bits per heavy atom. The largest absolute Gasteiger partial charge is 0.388 e. The molecule has 2 rings (SSSR count). The topological polar surface area (TPSA) is 73.1 Å². The molecule has 0 bridgehead atoms. The molecular formula is C10H14N4OS. The average Bonchev–Trinajstić information content (AvgIpc) is 2.79. The zero-order chi connectivity index (χ0) is 11.4. The standard InChI is InChI=1S/C10H14N4OS/c11-9(16)8-1-3-12-10(14-8)13-5-7-2-4-15-6-7/h1,3,7H,2,4-6H2,(H2,11,16)(H,12,13,14). The maximum Gasteiger partial charge on any atom is 0.223 e. The lowest BCUT2D eigenvalue weighted by Gasteiger charge is -2.09. The summed E-state index contributed by atoms with van der Waals surface area (Å²) in [6.45, 7) is 2.48. The highest BCUT2D eigenvalue weighted by Crippen LogP contribution is 2.12. The van der Waals surface area contributed by atoms with Crippen LogP contribution in [0.1, 0.15) is 12.1 Å². The molecule has 0 amide bonds. The number of hydrogen-bond donors (Lipinski definition) is 2. The van der Waals surface area contributed by atoms with Gasteiger partial charge < -0.3 is 15.8 Å². The van der Waals surface area contributed by atoms with E-state index in [-0.39, 0.29) is 4.99 Å². The number of ether oxygens (including phenoxy) is 1. The lowest BCUT2D eigenvalue weighted by molar-refractivity contribution is 0.187. The predicted molar refractivity (Wildman–Crippen MR) is 65.3 cm³/mol. The first-order valence-corrected chi connectivity index (χ1v) is 5.61. The van der Waals surface area contributed by atoms with Gasteiger partial charge in [0.1, 0.15) is 10.7 Å². The molecule has 1 atom stereocenters. The minimum absolute atomic E-state index is 0.287. The van der Waals surface area contributed by atoms with Crippen LogP contribution < -0.4 is 11.1 Å². The van der Waals surface area contributed by atoms with E-state index >= 15 is 0 Å². The van der Waals surface area contributed by atoms with Gasteiger partial charge in [-0.1, -0.05) is 12.2 Å². The van der Waals surface area contributed by atoms with Crippen LogP contribution in [0.25, 0.3) is 0 Å². The Bertz CT molecular complexity index is 379. The summed E-state index contributed by atoms with van der Waals surface area (Å²) in [5.74, 6) is 1.11. The number of nitrogens with zero attached hydrogens (tertiary/aromatic N) is 2. The van der Waals surface area contributed by atoms with Gasteiger partial charge in [-0.2, -0.15) is 0 Å². The van der Waals surface area contributed by atoms with Crippen molar-refractivity contribution in [2.24, 2.45) is 11.7 Å². The van der Waals surface area contributed by atoms with Gasteiger partial charge in [-0.05, 0) is 12.5 Å². The zero-order valence-electron chi connectivity index (χ0n) is 8.85. The van der Waals surface area contributed by atoms with Crippen LogP contribution in [0, 0.1) is 5.92 Å². The summed E-state index contributed by atoms with van der Waals surface area (Å²) in [6, 6.07) is 1.70. The zero-order valence-corrected chi connectivity index (χ0v) is 9.67. The van der Waals surface area contributed by atoms with Gasteiger partial charge in [0.15, 0.2) is 0 Å². The van der Waals surface area contributed by atoms with Gasteiger partial charge in [-0.25, -0.2) is 9.97 Å². The van der Waals surface area contributed by atoms with E-state index in [1.54, 1.807) is 12.3 Å². The predicted octanol–water partition coefficient (Wildman–Crippen LogP) is 0.559. The summed E-state index contributed by atoms with van der Waals surface area (Å²) >= 11 is 4.85. The van der Waals surface area contributed by atoms with Gasteiger partial charge in [-0.15, -0.1) is 0 Å². The molecule has 0 spiro atoms. The summed E-state index contributed by atoms with van der Waals surface area (Å²) in [5, 5.41) is 3.16. The summed E-state index contributed by atoms with van der Waals surface area (Å²) in [6.07, 6.45) is 2.73. The molecular weight excluding hydrogens is 224 g/mol. The fraction of sp³-hybridized carbons (Fsp3) is 0.500. The first kappa shape index (κ1) is 11.2. The Morgan fingerprint density at radius 3 is 3.25 bits per heavy atom. The number of aromatic nitrogens is 2. The highest BCUT2D eigenvalue weighted by Gasteiger charge is 2.15. The number of anilines is 1. The van der Waals surface area contributed by atoms with Gasteiger partial charge >= 0.3 is 0 Å². The van der Waals surface area contributed by atoms with Crippen LogP contribution in [0.3, 0.4) is 0 Å². The van der Waals surface area contributed by atoms with Gasteiger partial charge in [0.25, 0.3) is 0 Å². The maximum absolute atomic E-state index is 5.49. The lowest BCUT2D eigenvalue weighted by Crippen LogP contribution is -2.18. The number of rotatable bonds is 4. The van der Waals surface area contributed by atoms with Crippen molar-refractivity contribution in [1.82, 2.24) is 9.97 Å². The maximum atomic E-state index is 5.49. The quantitative estimate of drug-likeness (QED) is 0.747. The van der Waals surface area contributed by atoms with E-state index < -0.39 is 0 Å². The molecule has 86 valence electrons. The first-order valence-electron chi connectivity index (χ1n) is 5.20. The van der Waals surface area contributed by atoms with Crippen molar-refractivity contribution < 1.29 is 4.74 Å². The van der Waals surface area contributed by atoms with Crippen LogP contribution in [0.5, 0.6) is 0 Å². The fourth-order valence-corrected chi connectivity index (χ4v) is 1.67. The van der Waals surface area contributed by atoms with Gasteiger partial charge in [-0.3, -0.25) is 0 Å². The minimum atomic E-state index is 0.287. The highest BCUT2D eigenvalue weighted by atomic mass is 32.1. The fourth-order valence-electron chi connectivity index (χ4n) is 1.56. The molecule has 1 aliphatic rings. The summed E-state index contributed by atoms with van der Waals surface area (Å²) in [7, 11) is 0. The molecule has 1 aromatic heterocycles. The molecule has 0 radical (unpaired) electrons. The molecule has 5 nitrogen and oxygen atoms in total.